The van der Waals surface area contributed by atoms with Gasteiger partial charge in [-0.2, -0.15) is 8.42 Å². The third kappa shape index (κ3) is 9.45. The summed E-state index contributed by atoms with van der Waals surface area (Å²) in [5.74, 6) is 0.590. The maximum atomic E-state index is 11.0. The van der Waals surface area contributed by atoms with Crippen molar-refractivity contribution in [3.63, 3.8) is 0 Å². The Balaban J connectivity index is 2.70. The zero-order valence-corrected chi connectivity index (χ0v) is 17.7. The highest BCUT2D eigenvalue weighted by atomic mass is 32.3. The summed E-state index contributed by atoms with van der Waals surface area (Å²) in [5.41, 5.74) is -1.15. The van der Waals surface area contributed by atoms with Crippen molar-refractivity contribution in [2.45, 2.75) is 62.0 Å². The molecule has 166 valence electrons. The molecule has 0 aromatic heterocycles. The highest BCUT2D eigenvalue weighted by molar-refractivity contribution is 8.14. The Morgan fingerprint density at radius 2 is 1.79 bits per heavy atom. The van der Waals surface area contributed by atoms with Crippen molar-refractivity contribution < 1.29 is 46.6 Å². The predicted molar refractivity (Wildman–Crippen MR) is 103 cm³/mol. The van der Waals surface area contributed by atoms with Gasteiger partial charge in [-0.25, -0.2) is 4.28 Å². The van der Waals surface area contributed by atoms with Crippen molar-refractivity contribution in [3.05, 3.63) is 0 Å². The lowest BCUT2D eigenvalue weighted by atomic mass is 10.0. The highest BCUT2D eigenvalue weighted by Crippen LogP contribution is 2.30. The first-order chi connectivity index (χ1) is 13.0. The predicted octanol–water partition coefficient (Wildman–Crippen LogP) is -1.02. The Morgan fingerprint density at radius 3 is 2.36 bits per heavy atom. The van der Waals surface area contributed by atoms with E-state index in [0.717, 1.165) is 31.0 Å². The number of ether oxygens (including phenoxy) is 1. The van der Waals surface area contributed by atoms with Crippen LogP contribution in [0.4, 0.5) is 0 Å². The zero-order chi connectivity index (χ0) is 21.3. The molecule has 1 aliphatic rings. The summed E-state index contributed by atoms with van der Waals surface area (Å²) in [6, 6.07) is 0. The number of hydrogen-bond acceptors (Lipinski definition) is 11. The highest BCUT2D eigenvalue weighted by Gasteiger charge is 2.44. The number of rotatable bonds is 11. The molecular formula is C14H27NO10S3. The summed E-state index contributed by atoms with van der Waals surface area (Å²) in [4.78, 5) is 0. The second-order valence-electron chi connectivity index (χ2n) is 6.24. The van der Waals surface area contributed by atoms with Crippen molar-refractivity contribution in [1.82, 2.24) is 0 Å². The number of unbranched alkanes of at least 4 members (excludes halogenated alkanes) is 3. The molecule has 1 saturated heterocycles. The Hall–Kier alpha value is -0.320. The molecule has 0 amide bonds. The Kier molecular flexibility index (Phi) is 11.4. The fraction of sp³-hybridized carbons (Fsp3) is 0.929. The van der Waals surface area contributed by atoms with E-state index in [2.05, 4.69) is 9.44 Å². The van der Waals surface area contributed by atoms with Crippen LogP contribution in [0.3, 0.4) is 0 Å². The number of thioether (sulfide) groups is 1. The number of hydrogen-bond donors (Lipinski definition) is 5. The molecule has 0 unspecified atom stereocenters. The smallest absolute Gasteiger partial charge is 0.394 e. The quantitative estimate of drug-likeness (QED) is 0.0827. The minimum atomic E-state index is -4.82. The van der Waals surface area contributed by atoms with Gasteiger partial charge >= 0.3 is 10.4 Å². The molecule has 11 nitrogen and oxygen atoms in total. The Morgan fingerprint density at radius 1 is 1.14 bits per heavy atom. The number of nitrogens with zero attached hydrogens (tertiary/aromatic N) is 1. The average molecular weight is 466 g/mol. The maximum Gasteiger partial charge on any atom is 0.466 e. The molecule has 0 radical (unpaired) electrons. The third-order valence-electron chi connectivity index (χ3n) is 3.91. The first kappa shape index (κ1) is 25.7. The van der Waals surface area contributed by atoms with Gasteiger partial charge in [0.1, 0.15) is 34.9 Å². The summed E-state index contributed by atoms with van der Waals surface area (Å²) in [7, 11) is -5.69. The summed E-state index contributed by atoms with van der Waals surface area (Å²) >= 11 is 0.754. The van der Waals surface area contributed by atoms with Gasteiger partial charge in [0.2, 0.25) is 0 Å². The van der Waals surface area contributed by atoms with Gasteiger partial charge in [0, 0.05) is 22.8 Å². The molecule has 0 aromatic carbocycles. The van der Waals surface area contributed by atoms with E-state index in [-0.39, 0.29) is 11.5 Å². The first-order valence-electron chi connectivity index (χ1n) is 8.55. The summed E-state index contributed by atoms with van der Waals surface area (Å²) in [6.45, 7) is -0.602. The van der Waals surface area contributed by atoms with Crippen molar-refractivity contribution >= 4 is 38.0 Å². The van der Waals surface area contributed by atoms with E-state index in [0.29, 0.717) is 12.2 Å². The number of aliphatic hydroxyl groups is 4. The van der Waals surface area contributed by atoms with Crippen LogP contribution in [0.15, 0.2) is 5.16 Å². The molecule has 1 aliphatic heterocycles. The average Bonchev–Trinajstić information content (AvgIpc) is 2.61. The van der Waals surface area contributed by atoms with Crippen LogP contribution in [0.25, 0.3) is 0 Å². The fourth-order valence-electron chi connectivity index (χ4n) is 2.45. The minimum Gasteiger partial charge on any atom is -0.394 e. The van der Waals surface area contributed by atoms with Crippen molar-refractivity contribution in [2.24, 2.45) is 5.16 Å². The van der Waals surface area contributed by atoms with E-state index in [1.807, 2.05) is 0 Å². The monoisotopic (exact) mass is 465 g/mol. The molecule has 1 heterocycles. The van der Waals surface area contributed by atoms with Gasteiger partial charge in [0.25, 0.3) is 0 Å². The van der Waals surface area contributed by atoms with Crippen molar-refractivity contribution in [2.75, 3.05) is 18.6 Å². The molecule has 5 N–H and O–H groups in total. The van der Waals surface area contributed by atoms with E-state index < -0.39 is 57.7 Å². The lowest BCUT2D eigenvalue weighted by Gasteiger charge is -2.39. The molecule has 1 rings (SSSR count). The standard InChI is InChI=1S/C14H27NO10S3/c1-27(20)7-5-3-2-4-6-10(15-25-28(21,22)23)26-14-13(19)12(18)11(17)9(8-16)24-14/h9,11-14,16-19H,2-8H2,1H3,(H,21,22,23)/b15-10-/t9-,11-,12+,13-,14+,27+/m1/s1. The molecule has 0 aromatic rings. The lowest BCUT2D eigenvalue weighted by Crippen LogP contribution is -2.57. The summed E-state index contributed by atoms with van der Waals surface area (Å²) in [6.07, 6.45) is -1.02. The van der Waals surface area contributed by atoms with Crippen LogP contribution < -0.4 is 0 Å². The normalized spacial score (nSPS) is 30.2. The largest absolute Gasteiger partial charge is 0.466 e. The zero-order valence-electron chi connectivity index (χ0n) is 15.3. The van der Waals surface area contributed by atoms with Crippen LogP contribution in [0.5, 0.6) is 0 Å². The van der Waals surface area contributed by atoms with Crippen LogP contribution in [0.2, 0.25) is 0 Å². The molecule has 0 aliphatic carbocycles. The molecular weight excluding hydrogens is 438 g/mol. The molecule has 0 spiro atoms. The maximum absolute atomic E-state index is 11.0. The van der Waals surface area contributed by atoms with Crippen LogP contribution in [0.1, 0.15) is 32.1 Å². The molecule has 0 saturated carbocycles. The second-order valence-corrected chi connectivity index (χ2v) is 9.97. The van der Waals surface area contributed by atoms with E-state index in [1.54, 1.807) is 6.26 Å². The van der Waals surface area contributed by atoms with Crippen LogP contribution in [-0.2, 0) is 30.2 Å². The minimum absolute atomic E-state index is 0.0704. The first-order valence-corrected chi connectivity index (χ1v) is 12.5. The van der Waals surface area contributed by atoms with Gasteiger partial charge in [-0.15, -0.1) is 0 Å². The molecule has 0 bridgehead atoms. The summed E-state index contributed by atoms with van der Waals surface area (Å²) in [5, 5.41) is 42.3. The SMILES string of the molecule is C[S@](=O)CCCCCC/C(=N/OS(=O)(=O)O)S[C@@H]1O[C@H](CO)[C@@H](O)[C@H](O)[C@H]1O. The van der Waals surface area contributed by atoms with Gasteiger partial charge in [0.05, 0.1) is 6.61 Å². The fourth-order valence-corrected chi connectivity index (χ4v) is 4.40. The van der Waals surface area contributed by atoms with E-state index in [1.165, 1.54) is 0 Å². The topological polar surface area (TPSA) is 183 Å². The molecule has 28 heavy (non-hydrogen) atoms. The van der Waals surface area contributed by atoms with Crippen molar-refractivity contribution in [1.29, 1.82) is 0 Å². The molecule has 14 heteroatoms. The summed E-state index contributed by atoms with van der Waals surface area (Å²) < 4.78 is 50.6. The van der Waals surface area contributed by atoms with Crippen LogP contribution >= 0.6 is 11.8 Å². The van der Waals surface area contributed by atoms with E-state index in [4.69, 9.17) is 9.29 Å². The molecule has 6 atom stereocenters. The Labute approximate surface area is 170 Å². The molecule has 1 fully saturated rings. The van der Waals surface area contributed by atoms with Gasteiger partial charge < -0.3 is 25.2 Å². The second kappa shape index (κ2) is 12.4. The Bertz CT molecular complexity index is 627. The van der Waals surface area contributed by atoms with E-state index >= 15 is 0 Å². The van der Waals surface area contributed by atoms with E-state index in [9.17, 15) is 33.1 Å². The number of oxime groups is 1. The van der Waals surface area contributed by atoms with Gasteiger partial charge in [-0.1, -0.05) is 29.8 Å². The van der Waals surface area contributed by atoms with Crippen LogP contribution in [0, 0.1) is 0 Å². The van der Waals surface area contributed by atoms with Gasteiger partial charge in [-0.3, -0.25) is 8.76 Å². The van der Waals surface area contributed by atoms with Crippen molar-refractivity contribution in [3.8, 4) is 0 Å². The van der Waals surface area contributed by atoms with Gasteiger partial charge in [0.15, 0.2) is 0 Å². The number of aliphatic hydroxyl groups excluding tert-OH is 4. The third-order valence-corrected chi connectivity index (χ3v) is 6.21. The lowest BCUT2D eigenvalue weighted by molar-refractivity contribution is -0.205. The van der Waals surface area contributed by atoms with Crippen LogP contribution in [-0.4, -0.2) is 91.1 Å². The van der Waals surface area contributed by atoms with Gasteiger partial charge in [-0.05, 0) is 19.3 Å².